The summed E-state index contributed by atoms with van der Waals surface area (Å²) in [6.45, 7) is 2.52. The fourth-order valence-corrected chi connectivity index (χ4v) is 3.10. The van der Waals surface area contributed by atoms with E-state index in [4.69, 9.17) is 44.3 Å². The molecule has 0 saturated heterocycles. The minimum absolute atomic E-state index is 0.0341. The van der Waals surface area contributed by atoms with Crippen LogP contribution in [-0.4, -0.2) is 18.5 Å². The molecule has 0 bridgehead atoms. The van der Waals surface area contributed by atoms with Crippen molar-refractivity contribution in [2.24, 2.45) is 0 Å². The molecule has 1 rings (SSSR count). The smallest absolute Gasteiger partial charge is 0.311 e. The average molecular weight is 436 g/mol. The molecule has 0 amide bonds. The lowest BCUT2D eigenvalue weighted by Crippen LogP contribution is -2.13. The SMILES string of the molecule is CCCCC/C=C/CCCOC(=O)CCC(=O)Oc1c(Cl)cc(Cl)cc1Cl. The second-order valence-corrected chi connectivity index (χ2v) is 7.25. The normalized spacial score (nSPS) is 11.0. The Morgan fingerprint density at radius 3 is 2.15 bits per heavy atom. The number of ether oxygens (including phenoxy) is 2. The van der Waals surface area contributed by atoms with E-state index in [1.807, 2.05) is 0 Å². The Balaban J connectivity index is 2.18. The molecule has 0 aromatic heterocycles. The third-order valence-corrected chi connectivity index (χ3v) is 4.41. The van der Waals surface area contributed by atoms with E-state index in [9.17, 15) is 9.59 Å². The zero-order valence-corrected chi connectivity index (χ0v) is 17.7. The summed E-state index contributed by atoms with van der Waals surface area (Å²) in [6.07, 6.45) is 10.5. The van der Waals surface area contributed by atoms with Gasteiger partial charge in [-0.15, -0.1) is 0 Å². The number of halogens is 3. The maximum atomic E-state index is 11.8. The second-order valence-electron chi connectivity index (χ2n) is 6.00. The van der Waals surface area contributed by atoms with Crippen LogP contribution in [0.15, 0.2) is 24.3 Å². The van der Waals surface area contributed by atoms with Crippen LogP contribution in [0, 0.1) is 0 Å². The topological polar surface area (TPSA) is 52.6 Å². The molecule has 0 atom stereocenters. The maximum absolute atomic E-state index is 11.8. The van der Waals surface area contributed by atoms with Crippen LogP contribution in [0.5, 0.6) is 5.75 Å². The lowest BCUT2D eigenvalue weighted by molar-refractivity contribution is -0.147. The number of hydrogen-bond acceptors (Lipinski definition) is 4. The van der Waals surface area contributed by atoms with Crippen LogP contribution < -0.4 is 4.74 Å². The molecule has 0 aliphatic carbocycles. The van der Waals surface area contributed by atoms with Crippen LogP contribution in [-0.2, 0) is 14.3 Å². The Kier molecular flexibility index (Phi) is 12.2. The Labute approximate surface area is 175 Å². The summed E-state index contributed by atoms with van der Waals surface area (Å²) >= 11 is 17.7. The van der Waals surface area contributed by atoms with E-state index in [2.05, 4.69) is 19.1 Å². The van der Waals surface area contributed by atoms with Crippen molar-refractivity contribution in [3.8, 4) is 5.75 Å². The molecule has 0 unspecified atom stereocenters. The van der Waals surface area contributed by atoms with Crippen molar-refractivity contribution in [3.63, 3.8) is 0 Å². The number of hydrogen-bond donors (Lipinski definition) is 0. The van der Waals surface area contributed by atoms with Gasteiger partial charge in [0.25, 0.3) is 0 Å². The molecule has 0 saturated carbocycles. The molecule has 150 valence electrons. The standard InChI is InChI=1S/C20H25Cl3O4/c1-2-3-4-5-6-7-8-9-12-26-18(24)10-11-19(25)27-20-16(22)13-15(21)14-17(20)23/h6-7,13-14H,2-5,8-12H2,1H3/b7-6+. The largest absolute Gasteiger partial charge is 0.466 e. The van der Waals surface area contributed by atoms with Crippen molar-refractivity contribution >= 4 is 46.7 Å². The van der Waals surface area contributed by atoms with E-state index < -0.39 is 11.9 Å². The summed E-state index contributed by atoms with van der Waals surface area (Å²) < 4.78 is 10.2. The number of unbranched alkanes of at least 4 members (excludes halogenated alkanes) is 4. The van der Waals surface area contributed by atoms with Crippen LogP contribution in [0.2, 0.25) is 15.1 Å². The zero-order valence-electron chi connectivity index (χ0n) is 15.4. The van der Waals surface area contributed by atoms with Gasteiger partial charge in [0.2, 0.25) is 0 Å². The fourth-order valence-electron chi connectivity index (χ4n) is 2.20. The summed E-state index contributed by atoms with van der Waals surface area (Å²) in [5.41, 5.74) is 0. The van der Waals surface area contributed by atoms with E-state index in [1.54, 1.807) is 0 Å². The molecule has 7 heteroatoms. The molecule has 0 N–H and O–H groups in total. The van der Waals surface area contributed by atoms with E-state index in [0.29, 0.717) is 11.6 Å². The molecule has 0 spiro atoms. The van der Waals surface area contributed by atoms with E-state index in [0.717, 1.165) is 19.3 Å². The van der Waals surface area contributed by atoms with Gasteiger partial charge >= 0.3 is 11.9 Å². The Hall–Kier alpha value is -1.23. The highest BCUT2D eigenvalue weighted by Crippen LogP contribution is 2.36. The Bertz CT molecular complexity index is 621. The van der Waals surface area contributed by atoms with E-state index in [1.165, 1.54) is 31.4 Å². The first-order valence-corrected chi connectivity index (χ1v) is 10.2. The van der Waals surface area contributed by atoms with Gasteiger partial charge in [0, 0.05) is 5.02 Å². The van der Waals surface area contributed by atoms with Gasteiger partial charge in [-0.3, -0.25) is 9.59 Å². The average Bonchev–Trinajstić information content (AvgIpc) is 2.61. The van der Waals surface area contributed by atoms with Crippen molar-refractivity contribution in [2.45, 2.75) is 58.3 Å². The molecule has 0 heterocycles. The minimum atomic E-state index is -0.618. The second kappa shape index (κ2) is 13.9. The quantitative estimate of drug-likeness (QED) is 0.157. The van der Waals surface area contributed by atoms with E-state index in [-0.39, 0.29) is 28.6 Å². The lowest BCUT2D eigenvalue weighted by atomic mass is 10.2. The summed E-state index contributed by atoms with van der Waals surface area (Å²) in [5.74, 6) is -1.02. The molecule has 1 aromatic rings. The highest BCUT2D eigenvalue weighted by Gasteiger charge is 2.15. The molecule has 0 fully saturated rings. The van der Waals surface area contributed by atoms with Crippen LogP contribution in [0.25, 0.3) is 0 Å². The molecule has 0 aliphatic rings. The van der Waals surface area contributed by atoms with Crippen molar-refractivity contribution < 1.29 is 19.1 Å². The molecule has 0 aliphatic heterocycles. The first-order valence-electron chi connectivity index (χ1n) is 9.09. The van der Waals surface area contributed by atoms with Crippen molar-refractivity contribution in [1.82, 2.24) is 0 Å². The first-order chi connectivity index (χ1) is 12.9. The van der Waals surface area contributed by atoms with Crippen LogP contribution >= 0.6 is 34.8 Å². The van der Waals surface area contributed by atoms with Crippen LogP contribution in [0.1, 0.15) is 58.3 Å². The molecule has 27 heavy (non-hydrogen) atoms. The number of carbonyl (C=O) groups excluding carboxylic acids is 2. The molecular weight excluding hydrogens is 411 g/mol. The van der Waals surface area contributed by atoms with Gasteiger partial charge in [0.05, 0.1) is 29.5 Å². The lowest BCUT2D eigenvalue weighted by Gasteiger charge is -2.08. The van der Waals surface area contributed by atoms with Gasteiger partial charge in [0.1, 0.15) is 0 Å². The predicted molar refractivity (Wildman–Crippen MR) is 110 cm³/mol. The van der Waals surface area contributed by atoms with Gasteiger partial charge in [-0.25, -0.2) is 0 Å². The van der Waals surface area contributed by atoms with Gasteiger partial charge in [0.15, 0.2) is 5.75 Å². The monoisotopic (exact) mass is 434 g/mol. The molecule has 1 aromatic carbocycles. The third-order valence-electron chi connectivity index (χ3n) is 3.63. The number of carbonyl (C=O) groups is 2. The Morgan fingerprint density at radius 2 is 1.52 bits per heavy atom. The van der Waals surface area contributed by atoms with Gasteiger partial charge in [-0.1, -0.05) is 66.7 Å². The highest BCUT2D eigenvalue weighted by molar-refractivity contribution is 6.40. The number of allylic oxidation sites excluding steroid dienone is 2. The minimum Gasteiger partial charge on any atom is -0.466 e. The highest BCUT2D eigenvalue weighted by atomic mass is 35.5. The van der Waals surface area contributed by atoms with Crippen molar-refractivity contribution in [1.29, 1.82) is 0 Å². The fraction of sp³-hybridized carbons (Fsp3) is 0.500. The summed E-state index contributed by atoms with van der Waals surface area (Å²) in [7, 11) is 0. The first kappa shape index (κ1) is 23.8. The molecular formula is C20H25Cl3O4. The molecule has 0 radical (unpaired) electrons. The van der Waals surface area contributed by atoms with Gasteiger partial charge < -0.3 is 9.47 Å². The van der Waals surface area contributed by atoms with Gasteiger partial charge in [-0.2, -0.15) is 0 Å². The Morgan fingerprint density at radius 1 is 0.926 bits per heavy atom. The van der Waals surface area contributed by atoms with Crippen LogP contribution in [0.3, 0.4) is 0 Å². The third kappa shape index (κ3) is 10.6. The van der Waals surface area contributed by atoms with E-state index >= 15 is 0 Å². The van der Waals surface area contributed by atoms with Gasteiger partial charge in [-0.05, 0) is 37.8 Å². The summed E-state index contributed by atoms with van der Waals surface area (Å²) in [4.78, 5) is 23.5. The predicted octanol–water partition coefficient (Wildman–Crippen LogP) is 6.79. The van der Waals surface area contributed by atoms with Crippen molar-refractivity contribution in [2.75, 3.05) is 6.61 Å². The van der Waals surface area contributed by atoms with Crippen LogP contribution in [0.4, 0.5) is 0 Å². The van der Waals surface area contributed by atoms with Crippen molar-refractivity contribution in [3.05, 3.63) is 39.4 Å². The maximum Gasteiger partial charge on any atom is 0.311 e. The number of benzene rings is 1. The zero-order chi connectivity index (χ0) is 20.1. The number of rotatable bonds is 12. The summed E-state index contributed by atoms with van der Waals surface area (Å²) in [5, 5.41) is 0.599. The molecule has 4 nitrogen and oxygen atoms in total. The number of esters is 2. The summed E-state index contributed by atoms with van der Waals surface area (Å²) in [6, 6.07) is 2.84.